The van der Waals surface area contributed by atoms with Gasteiger partial charge in [0.05, 0.1) is 41.2 Å². The Morgan fingerprint density at radius 1 is 0.956 bits per heavy atom. The maximum atomic E-state index is 13.6. The van der Waals surface area contributed by atoms with E-state index in [1.165, 1.54) is 16.9 Å². The van der Waals surface area contributed by atoms with Crippen LogP contribution in [-0.2, 0) is 22.0 Å². The molecule has 0 N–H and O–H groups in total. The molecule has 6 rings (SSSR count). The van der Waals surface area contributed by atoms with Crippen LogP contribution in [0, 0.1) is 0 Å². The predicted molar refractivity (Wildman–Crippen MR) is 141 cm³/mol. The number of nitrogens with zero attached hydrogens (tertiary/aromatic N) is 7. The van der Waals surface area contributed by atoms with Gasteiger partial charge in [0.1, 0.15) is 12.2 Å². The Labute approximate surface area is 294 Å². The molecular formula is C26H15F3N7Na2O6P. The molecule has 13 nitrogen and oxygen atoms in total. The number of hydrogen-bond acceptors (Lipinski definition) is 10. The molecule has 0 atom stereocenters. The normalized spacial score (nSPS) is 11.8. The Morgan fingerprint density at radius 3 is 2.38 bits per heavy atom. The van der Waals surface area contributed by atoms with Crippen molar-refractivity contribution in [2.24, 2.45) is 0 Å². The van der Waals surface area contributed by atoms with E-state index in [4.69, 9.17) is 0 Å². The number of alkyl halides is 3. The monoisotopic (exact) mass is 655 g/mol. The van der Waals surface area contributed by atoms with Gasteiger partial charge in [0, 0.05) is 30.4 Å². The Hall–Kier alpha value is -3.02. The van der Waals surface area contributed by atoms with Gasteiger partial charge in [0.25, 0.3) is 5.56 Å². The Kier molecular flexibility index (Phi) is 10.4. The first-order valence-corrected chi connectivity index (χ1v) is 13.6. The minimum absolute atomic E-state index is 0. The van der Waals surface area contributed by atoms with Crippen LogP contribution in [-0.4, -0.2) is 33.9 Å². The van der Waals surface area contributed by atoms with Crippen molar-refractivity contribution in [2.45, 2.75) is 12.9 Å². The Morgan fingerprint density at radius 2 is 1.73 bits per heavy atom. The van der Waals surface area contributed by atoms with E-state index < -0.39 is 37.5 Å². The summed E-state index contributed by atoms with van der Waals surface area (Å²) in [5.74, 6) is 0.517. The van der Waals surface area contributed by atoms with Gasteiger partial charge in [-0.25, -0.2) is 24.0 Å². The standard InChI is InChI=1S/C26H17F3N7O6P.2Na/c27-26(28,29)16-3-1-4-17(11-16)36-23-18(24(37)34(25(36)38)14-42-43(39,40)41)13-30-20-7-6-19(33-22(20)23)15-5-8-21(31-12-15)35-10-2-9-32-35;;/h1-13H,14H2,(H2,39,40,41);;/q;2*+1/p-2. The topological polar surface area (TPSA) is 173 Å². The third kappa shape index (κ3) is 7.05. The molecule has 0 aliphatic carbocycles. The van der Waals surface area contributed by atoms with Gasteiger partial charge in [-0.3, -0.25) is 14.3 Å². The summed E-state index contributed by atoms with van der Waals surface area (Å²) in [6.45, 7) is -1.31. The summed E-state index contributed by atoms with van der Waals surface area (Å²) in [6, 6.07) is 12.0. The number of aromatic nitrogens is 7. The van der Waals surface area contributed by atoms with E-state index in [1.54, 1.807) is 42.7 Å². The number of benzene rings is 1. The first-order chi connectivity index (χ1) is 20.4. The quantitative estimate of drug-likeness (QED) is 0.0984. The van der Waals surface area contributed by atoms with Gasteiger partial charge in [-0.2, -0.15) is 18.3 Å². The number of halogens is 3. The smallest absolute Gasteiger partial charge is 0.790 e. The van der Waals surface area contributed by atoms with Gasteiger partial charge in [-0.1, -0.05) is 6.07 Å². The SMILES string of the molecule is O=c1c2cnc3ccc(-c4ccc(-n5cccn5)nc4)nc3c2n(-c2cccc(C(F)(F)F)c2)c(=O)n1COP(=O)([O-])[O-].[Na+].[Na+]. The van der Waals surface area contributed by atoms with E-state index in [-0.39, 0.29) is 91.3 Å². The van der Waals surface area contributed by atoms with Gasteiger partial charge < -0.3 is 18.9 Å². The van der Waals surface area contributed by atoms with E-state index in [2.05, 4.69) is 24.6 Å². The van der Waals surface area contributed by atoms with Gasteiger partial charge in [-0.05, 0) is 48.5 Å². The molecular weight excluding hydrogens is 640 g/mol. The van der Waals surface area contributed by atoms with Crippen molar-refractivity contribution in [1.82, 2.24) is 33.9 Å². The van der Waals surface area contributed by atoms with E-state index >= 15 is 0 Å². The minimum atomic E-state index is -5.64. The molecule has 0 radical (unpaired) electrons. The van der Waals surface area contributed by atoms with E-state index in [0.717, 1.165) is 22.9 Å². The van der Waals surface area contributed by atoms with Crippen molar-refractivity contribution in [2.75, 3.05) is 0 Å². The van der Waals surface area contributed by atoms with Crippen molar-refractivity contribution in [3.8, 4) is 22.8 Å². The summed E-state index contributed by atoms with van der Waals surface area (Å²) in [5, 5.41) is 3.80. The van der Waals surface area contributed by atoms with Gasteiger partial charge in [0.15, 0.2) is 5.82 Å². The molecule has 0 fully saturated rings. The molecule has 0 saturated heterocycles. The average molecular weight is 655 g/mol. The molecule has 218 valence electrons. The van der Waals surface area contributed by atoms with Crippen LogP contribution in [0.3, 0.4) is 0 Å². The molecule has 0 saturated carbocycles. The third-order valence-corrected chi connectivity index (χ3v) is 6.80. The van der Waals surface area contributed by atoms with Crippen LogP contribution in [0.2, 0.25) is 0 Å². The summed E-state index contributed by atoms with van der Waals surface area (Å²) < 4.78 is 58.7. The second kappa shape index (κ2) is 13.4. The van der Waals surface area contributed by atoms with Crippen molar-refractivity contribution < 1.29 is 91.2 Å². The van der Waals surface area contributed by atoms with Gasteiger partial charge in [0.2, 0.25) is 0 Å². The number of phosphoric acid groups is 1. The molecule has 0 amide bonds. The maximum Gasteiger partial charge on any atom is 1.00 e. The maximum absolute atomic E-state index is 13.6. The fourth-order valence-electron chi connectivity index (χ4n) is 4.43. The zero-order valence-electron chi connectivity index (χ0n) is 23.4. The van der Waals surface area contributed by atoms with Crippen LogP contribution in [0.15, 0.2) is 89.0 Å². The van der Waals surface area contributed by atoms with Gasteiger partial charge in [-0.15, -0.1) is 0 Å². The van der Waals surface area contributed by atoms with Crippen LogP contribution in [0.1, 0.15) is 5.56 Å². The van der Waals surface area contributed by atoms with Gasteiger partial charge >= 0.3 is 71.0 Å². The number of fused-ring (bicyclic) bond motifs is 3. The number of hydrogen-bond donors (Lipinski definition) is 0. The number of rotatable bonds is 6. The van der Waals surface area contributed by atoms with Crippen molar-refractivity contribution >= 4 is 29.8 Å². The molecule has 0 bridgehead atoms. The van der Waals surface area contributed by atoms with Crippen LogP contribution in [0.25, 0.3) is 44.7 Å². The summed E-state index contributed by atoms with van der Waals surface area (Å²) in [5.41, 5.74) is -3.00. The summed E-state index contributed by atoms with van der Waals surface area (Å²) >= 11 is 0. The predicted octanol–water partition coefficient (Wildman–Crippen LogP) is -3.83. The molecule has 1 aromatic carbocycles. The first-order valence-electron chi connectivity index (χ1n) is 12.2. The second-order valence-corrected chi connectivity index (χ2v) is 10.2. The summed E-state index contributed by atoms with van der Waals surface area (Å²) in [4.78, 5) is 62.3. The van der Waals surface area contributed by atoms with E-state index in [0.29, 0.717) is 23.1 Å². The summed E-state index contributed by atoms with van der Waals surface area (Å²) in [7, 11) is -5.64. The van der Waals surface area contributed by atoms with E-state index in [9.17, 15) is 37.1 Å². The molecule has 45 heavy (non-hydrogen) atoms. The van der Waals surface area contributed by atoms with Crippen molar-refractivity contribution in [1.29, 1.82) is 0 Å². The van der Waals surface area contributed by atoms with Crippen molar-refractivity contribution in [3.63, 3.8) is 0 Å². The Balaban J connectivity index is 0.00000230. The molecule has 0 unspecified atom stereocenters. The number of pyridine rings is 3. The van der Waals surface area contributed by atoms with Crippen LogP contribution in [0.4, 0.5) is 13.2 Å². The molecule has 0 spiro atoms. The van der Waals surface area contributed by atoms with Crippen LogP contribution >= 0.6 is 7.82 Å². The minimum Gasteiger partial charge on any atom is -0.790 e. The third-order valence-electron chi connectivity index (χ3n) is 6.37. The van der Waals surface area contributed by atoms with Crippen LogP contribution < -0.4 is 80.2 Å². The van der Waals surface area contributed by atoms with Crippen molar-refractivity contribution in [3.05, 3.63) is 106 Å². The number of phosphoric ester groups is 1. The fraction of sp³-hybridized carbons (Fsp3) is 0.0769. The summed E-state index contributed by atoms with van der Waals surface area (Å²) in [6.07, 6.45) is 1.08. The van der Waals surface area contributed by atoms with Crippen LogP contribution in [0.5, 0.6) is 0 Å². The molecule has 5 heterocycles. The molecule has 5 aromatic heterocycles. The Bertz CT molecular complexity index is 2190. The molecule has 0 aliphatic heterocycles. The zero-order chi connectivity index (χ0) is 30.5. The molecule has 6 aromatic rings. The fourth-order valence-corrected chi connectivity index (χ4v) is 4.68. The van der Waals surface area contributed by atoms with E-state index in [1.807, 2.05) is 0 Å². The zero-order valence-corrected chi connectivity index (χ0v) is 28.3. The molecule has 0 aliphatic rings. The first kappa shape index (κ1) is 34.8. The average Bonchev–Trinajstić information content (AvgIpc) is 3.51. The largest absolute Gasteiger partial charge is 1.00 e. The second-order valence-electron chi connectivity index (χ2n) is 9.05. The molecule has 19 heteroatoms.